The Kier molecular flexibility index (Phi) is 6.22. The number of benzene rings is 3. The Hall–Kier alpha value is -3.84. The second-order valence-corrected chi connectivity index (χ2v) is 6.23. The van der Waals surface area contributed by atoms with E-state index >= 15 is 0 Å². The van der Waals surface area contributed by atoms with Crippen molar-refractivity contribution in [3.8, 4) is 11.8 Å². The van der Waals surface area contributed by atoms with Gasteiger partial charge in [0.05, 0.1) is 5.56 Å². The largest absolute Gasteiger partial charge is 0.478 e. The van der Waals surface area contributed by atoms with Crippen molar-refractivity contribution in [3.63, 3.8) is 0 Å². The summed E-state index contributed by atoms with van der Waals surface area (Å²) in [5, 5.41) is 11.8. The van der Waals surface area contributed by atoms with Gasteiger partial charge in [-0.1, -0.05) is 60.4 Å². The Morgan fingerprint density at radius 3 is 2.29 bits per heavy atom. The van der Waals surface area contributed by atoms with Gasteiger partial charge >= 0.3 is 5.97 Å². The van der Waals surface area contributed by atoms with Gasteiger partial charge in [0.25, 0.3) is 5.91 Å². The van der Waals surface area contributed by atoms with Crippen LogP contribution in [0.2, 0.25) is 0 Å². The van der Waals surface area contributed by atoms with Gasteiger partial charge in [-0.2, -0.15) is 0 Å². The molecule has 4 heteroatoms. The van der Waals surface area contributed by atoms with E-state index in [1.807, 2.05) is 42.5 Å². The summed E-state index contributed by atoms with van der Waals surface area (Å²) in [5.41, 5.74) is 3.52. The molecule has 0 fully saturated rings. The van der Waals surface area contributed by atoms with Crippen LogP contribution in [0.5, 0.6) is 0 Å². The van der Waals surface area contributed by atoms with Crippen LogP contribution >= 0.6 is 0 Å². The number of amides is 1. The molecule has 0 radical (unpaired) electrons. The Bertz CT molecular complexity index is 1030. The molecule has 0 bridgehead atoms. The summed E-state index contributed by atoms with van der Waals surface area (Å²) in [5.74, 6) is 5.05. The molecule has 0 saturated heterocycles. The maximum Gasteiger partial charge on any atom is 0.335 e. The van der Waals surface area contributed by atoms with E-state index in [1.165, 1.54) is 12.1 Å². The molecule has 0 spiro atoms. The lowest BCUT2D eigenvalue weighted by molar-refractivity contribution is 0.0696. The second-order valence-electron chi connectivity index (χ2n) is 6.23. The quantitative estimate of drug-likeness (QED) is 0.670. The van der Waals surface area contributed by atoms with Crippen LogP contribution in [-0.4, -0.2) is 17.0 Å². The summed E-state index contributed by atoms with van der Waals surface area (Å²) >= 11 is 0. The maximum absolute atomic E-state index is 12.4. The molecule has 28 heavy (non-hydrogen) atoms. The van der Waals surface area contributed by atoms with E-state index in [-0.39, 0.29) is 11.5 Å². The Labute approximate surface area is 163 Å². The zero-order valence-electron chi connectivity index (χ0n) is 15.2. The third-order valence-electron chi connectivity index (χ3n) is 4.15. The average Bonchev–Trinajstić information content (AvgIpc) is 2.73. The predicted octanol–water partition coefficient (Wildman–Crippen LogP) is 3.91. The highest BCUT2D eigenvalue weighted by Gasteiger charge is 2.06. The van der Waals surface area contributed by atoms with Gasteiger partial charge in [0.1, 0.15) is 0 Å². The molecule has 138 valence electrons. The Balaban J connectivity index is 1.60. The first-order valence-corrected chi connectivity index (χ1v) is 8.85. The van der Waals surface area contributed by atoms with E-state index in [2.05, 4.69) is 17.2 Å². The van der Waals surface area contributed by atoms with Gasteiger partial charge in [-0.3, -0.25) is 4.79 Å². The van der Waals surface area contributed by atoms with Gasteiger partial charge in [0, 0.05) is 24.1 Å². The number of hydrogen-bond acceptors (Lipinski definition) is 2. The molecule has 0 aliphatic carbocycles. The molecule has 1 amide bonds. The van der Waals surface area contributed by atoms with Crippen molar-refractivity contribution < 1.29 is 14.7 Å². The lowest BCUT2D eigenvalue weighted by Crippen LogP contribution is -2.22. The van der Waals surface area contributed by atoms with Crippen molar-refractivity contribution in [2.45, 2.75) is 13.0 Å². The minimum atomic E-state index is -0.972. The summed E-state index contributed by atoms with van der Waals surface area (Å²) in [6, 6.07) is 23.6. The topological polar surface area (TPSA) is 66.4 Å². The fourth-order valence-corrected chi connectivity index (χ4v) is 2.63. The first-order chi connectivity index (χ1) is 13.6. The van der Waals surface area contributed by atoms with Gasteiger partial charge in [0.15, 0.2) is 0 Å². The summed E-state index contributed by atoms with van der Waals surface area (Å²) < 4.78 is 0. The molecule has 3 aromatic carbocycles. The summed E-state index contributed by atoms with van der Waals surface area (Å²) in [4.78, 5) is 23.3. The van der Waals surface area contributed by atoms with Crippen LogP contribution in [0.1, 0.15) is 37.4 Å². The fourth-order valence-electron chi connectivity index (χ4n) is 2.63. The molecule has 0 unspecified atom stereocenters. The number of carboxylic acids is 1. The molecule has 3 rings (SSSR count). The standard InChI is InChI=1S/C24H19NO3/c26-23(25-17-20-12-14-21(15-13-20)24(27)28)22-11-5-10-19(16-22)9-4-8-18-6-2-1-3-7-18/h1-3,5-7,10-16H,8,17H2,(H,25,26)(H,27,28). The number of hydrogen-bond donors (Lipinski definition) is 2. The van der Waals surface area contributed by atoms with Crippen LogP contribution in [0, 0.1) is 11.8 Å². The van der Waals surface area contributed by atoms with Crippen molar-refractivity contribution in [1.29, 1.82) is 0 Å². The van der Waals surface area contributed by atoms with Crippen molar-refractivity contribution in [2.24, 2.45) is 0 Å². The minimum Gasteiger partial charge on any atom is -0.478 e. The third kappa shape index (κ3) is 5.33. The average molecular weight is 369 g/mol. The van der Waals surface area contributed by atoms with Gasteiger partial charge in [0.2, 0.25) is 0 Å². The van der Waals surface area contributed by atoms with E-state index in [0.717, 1.165) is 16.7 Å². The molecule has 0 aliphatic heterocycles. The number of carbonyl (C=O) groups is 2. The fraction of sp³-hybridized carbons (Fsp3) is 0.0833. The smallest absolute Gasteiger partial charge is 0.335 e. The molecule has 4 nitrogen and oxygen atoms in total. The SMILES string of the molecule is O=C(O)c1ccc(CNC(=O)c2cccc(C#CCc3ccccc3)c2)cc1. The first kappa shape index (κ1) is 18.9. The van der Waals surface area contributed by atoms with E-state index in [1.54, 1.807) is 24.3 Å². The highest BCUT2D eigenvalue weighted by Crippen LogP contribution is 2.07. The zero-order chi connectivity index (χ0) is 19.8. The lowest BCUT2D eigenvalue weighted by Gasteiger charge is -2.06. The van der Waals surface area contributed by atoms with Crippen molar-refractivity contribution in [2.75, 3.05) is 0 Å². The van der Waals surface area contributed by atoms with Crippen molar-refractivity contribution in [1.82, 2.24) is 5.32 Å². The van der Waals surface area contributed by atoms with Crippen LogP contribution < -0.4 is 5.32 Å². The third-order valence-corrected chi connectivity index (χ3v) is 4.15. The molecular weight excluding hydrogens is 350 g/mol. The molecule has 0 aromatic heterocycles. The number of carboxylic acid groups (broad SMARTS) is 1. The lowest BCUT2D eigenvalue weighted by atomic mass is 10.1. The number of nitrogens with one attached hydrogen (secondary N) is 1. The van der Waals surface area contributed by atoms with Crippen LogP contribution in [0.3, 0.4) is 0 Å². The van der Waals surface area contributed by atoms with Crippen LogP contribution in [0.25, 0.3) is 0 Å². The van der Waals surface area contributed by atoms with Crippen LogP contribution in [-0.2, 0) is 13.0 Å². The first-order valence-electron chi connectivity index (χ1n) is 8.85. The number of rotatable bonds is 5. The van der Waals surface area contributed by atoms with E-state index in [0.29, 0.717) is 18.5 Å². The van der Waals surface area contributed by atoms with Gasteiger partial charge in [-0.25, -0.2) is 4.79 Å². The van der Waals surface area contributed by atoms with Gasteiger partial charge < -0.3 is 10.4 Å². The van der Waals surface area contributed by atoms with E-state index in [9.17, 15) is 9.59 Å². The number of carbonyl (C=O) groups excluding carboxylic acids is 1. The molecule has 3 aromatic rings. The number of aromatic carboxylic acids is 1. The monoisotopic (exact) mass is 369 g/mol. The van der Waals surface area contributed by atoms with E-state index < -0.39 is 5.97 Å². The van der Waals surface area contributed by atoms with E-state index in [4.69, 9.17) is 5.11 Å². The van der Waals surface area contributed by atoms with Crippen molar-refractivity contribution in [3.05, 3.63) is 107 Å². The van der Waals surface area contributed by atoms with Crippen molar-refractivity contribution >= 4 is 11.9 Å². The normalized spacial score (nSPS) is 9.86. The summed E-state index contributed by atoms with van der Waals surface area (Å²) in [7, 11) is 0. The molecular formula is C24H19NO3. The van der Waals surface area contributed by atoms with Gasteiger partial charge in [-0.15, -0.1) is 0 Å². The Morgan fingerprint density at radius 2 is 1.57 bits per heavy atom. The Morgan fingerprint density at radius 1 is 0.821 bits per heavy atom. The predicted molar refractivity (Wildman–Crippen MR) is 108 cm³/mol. The molecule has 0 heterocycles. The maximum atomic E-state index is 12.4. The zero-order valence-corrected chi connectivity index (χ0v) is 15.2. The second kappa shape index (κ2) is 9.20. The summed E-state index contributed by atoms with van der Waals surface area (Å²) in [6.45, 7) is 0.322. The molecule has 0 saturated carbocycles. The molecule has 0 atom stereocenters. The van der Waals surface area contributed by atoms with Crippen LogP contribution in [0.15, 0.2) is 78.9 Å². The highest BCUT2D eigenvalue weighted by molar-refractivity contribution is 5.94. The highest BCUT2D eigenvalue weighted by atomic mass is 16.4. The molecule has 2 N–H and O–H groups in total. The van der Waals surface area contributed by atoms with Gasteiger partial charge in [-0.05, 0) is 41.5 Å². The molecule has 0 aliphatic rings. The van der Waals surface area contributed by atoms with Crippen LogP contribution in [0.4, 0.5) is 0 Å². The summed E-state index contributed by atoms with van der Waals surface area (Å²) in [6.07, 6.45) is 0.656. The minimum absolute atomic E-state index is 0.200.